The molecule has 0 spiro atoms. The number of fused-ring (bicyclic) bond motifs is 8. The molecule has 0 unspecified atom stereocenters. The van der Waals surface area contributed by atoms with Crippen LogP contribution < -0.4 is 0 Å². The second-order valence-electron chi connectivity index (χ2n) is 14.8. The van der Waals surface area contributed by atoms with Gasteiger partial charge in [-0.2, -0.15) is 0 Å². The van der Waals surface area contributed by atoms with Crippen LogP contribution in [-0.4, -0.2) is 19.5 Å². The van der Waals surface area contributed by atoms with Crippen molar-refractivity contribution in [2.75, 3.05) is 0 Å². The van der Waals surface area contributed by atoms with E-state index in [4.69, 9.17) is 19.4 Å². The molecule has 58 heavy (non-hydrogen) atoms. The average molecular weight is 741 g/mol. The summed E-state index contributed by atoms with van der Waals surface area (Å²) in [6.45, 7) is 0. The van der Waals surface area contributed by atoms with Crippen molar-refractivity contribution >= 4 is 65.3 Å². The minimum atomic E-state index is 0.572. The first-order valence-corrected chi connectivity index (χ1v) is 19.5. The molecule has 0 aliphatic carbocycles. The van der Waals surface area contributed by atoms with E-state index >= 15 is 0 Å². The third-order valence-electron chi connectivity index (χ3n) is 11.4. The molecule has 0 N–H and O–H groups in total. The SMILES string of the molecule is c1ccc(-c2cccc(-c3nc(-c4cccc5ccccc45)nc(-c4cc(-n5c6ccccc6c6cc7ccccc7cc65)cc5oc6ccccc6c45)n3)c2)cc1. The molecule has 0 aliphatic heterocycles. The molecular weight excluding hydrogens is 709 g/mol. The summed E-state index contributed by atoms with van der Waals surface area (Å²) in [5.41, 5.74) is 9.71. The average Bonchev–Trinajstić information content (AvgIpc) is 3.83. The molecule has 12 rings (SSSR count). The van der Waals surface area contributed by atoms with Gasteiger partial charge in [-0.1, -0.05) is 152 Å². The fourth-order valence-corrected chi connectivity index (χ4v) is 8.71. The molecule has 270 valence electrons. The van der Waals surface area contributed by atoms with Crippen LogP contribution in [0.15, 0.2) is 199 Å². The van der Waals surface area contributed by atoms with E-state index in [2.05, 4.69) is 180 Å². The van der Waals surface area contributed by atoms with Crippen LogP contribution in [0.1, 0.15) is 0 Å². The summed E-state index contributed by atoms with van der Waals surface area (Å²) < 4.78 is 9.07. The van der Waals surface area contributed by atoms with Crippen molar-refractivity contribution in [1.29, 1.82) is 0 Å². The number of aromatic nitrogens is 4. The Labute approximate surface area is 333 Å². The highest BCUT2D eigenvalue weighted by Gasteiger charge is 2.22. The van der Waals surface area contributed by atoms with E-state index in [9.17, 15) is 0 Å². The zero-order valence-electron chi connectivity index (χ0n) is 31.2. The molecular formula is C53H32N4O. The third-order valence-corrected chi connectivity index (χ3v) is 11.4. The van der Waals surface area contributed by atoms with Gasteiger partial charge in [-0.25, -0.2) is 15.0 Å². The van der Waals surface area contributed by atoms with Crippen LogP contribution >= 0.6 is 0 Å². The Morgan fingerprint density at radius 1 is 0.345 bits per heavy atom. The standard InChI is InChI=1S/C53H32N4O/c1-2-14-33(15-3-1)35-20-12-21-38(28-35)51-54-52(42-25-13-19-34-16-6-7-22-40(34)42)56-53(55-51)45-31-39(32-49-50(45)43-24-9-11-27-48(43)58-49)57-46-26-10-8-23-41(46)44-29-36-17-4-5-18-37(36)30-47(44)57/h1-32H. The molecule has 0 saturated heterocycles. The van der Waals surface area contributed by atoms with Crippen LogP contribution in [0.25, 0.3) is 116 Å². The molecule has 0 aliphatic rings. The molecule has 9 aromatic carbocycles. The summed E-state index contributed by atoms with van der Waals surface area (Å²) in [6, 6.07) is 68.0. The maximum absolute atomic E-state index is 6.72. The topological polar surface area (TPSA) is 56.7 Å². The lowest BCUT2D eigenvalue weighted by Gasteiger charge is -2.14. The van der Waals surface area contributed by atoms with Crippen molar-refractivity contribution in [2.24, 2.45) is 0 Å². The first-order valence-electron chi connectivity index (χ1n) is 19.5. The van der Waals surface area contributed by atoms with Gasteiger partial charge in [0.05, 0.1) is 16.7 Å². The van der Waals surface area contributed by atoms with Crippen molar-refractivity contribution in [3.05, 3.63) is 194 Å². The molecule has 3 heterocycles. The quantitative estimate of drug-likeness (QED) is 0.176. The van der Waals surface area contributed by atoms with Crippen LogP contribution in [0.2, 0.25) is 0 Å². The Morgan fingerprint density at radius 3 is 1.83 bits per heavy atom. The van der Waals surface area contributed by atoms with Crippen molar-refractivity contribution in [2.45, 2.75) is 0 Å². The van der Waals surface area contributed by atoms with Crippen molar-refractivity contribution in [3.8, 4) is 51.0 Å². The minimum absolute atomic E-state index is 0.572. The Balaban J connectivity index is 1.17. The molecule has 0 saturated carbocycles. The molecule has 5 nitrogen and oxygen atoms in total. The number of benzene rings is 9. The Morgan fingerprint density at radius 2 is 0.966 bits per heavy atom. The van der Waals surface area contributed by atoms with E-state index in [1.54, 1.807) is 0 Å². The van der Waals surface area contributed by atoms with Gasteiger partial charge in [0, 0.05) is 44.3 Å². The first-order chi connectivity index (χ1) is 28.7. The van der Waals surface area contributed by atoms with Crippen LogP contribution in [0, 0.1) is 0 Å². The van der Waals surface area contributed by atoms with E-state index in [1.165, 1.54) is 21.5 Å². The molecule has 3 aromatic heterocycles. The molecule has 12 aromatic rings. The van der Waals surface area contributed by atoms with E-state index in [1.807, 2.05) is 18.2 Å². The fourth-order valence-electron chi connectivity index (χ4n) is 8.71. The largest absolute Gasteiger partial charge is 0.456 e. The van der Waals surface area contributed by atoms with E-state index in [0.717, 1.165) is 77.2 Å². The number of para-hydroxylation sites is 2. The fraction of sp³-hybridized carbons (Fsp3) is 0. The number of hydrogen-bond donors (Lipinski definition) is 0. The second-order valence-corrected chi connectivity index (χ2v) is 14.8. The molecule has 0 fully saturated rings. The number of nitrogens with zero attached hydrogens (tertiary/aromatic N) is 4. The van der Waals surface area contributed by atoms with Crippen LogP contribution in [0.4, 0.5) is 0 Å². The highest BCUT2D eigenvalue weighted by atomic mass is 16.3. The molecule has 0 bridgehead atoms. The van der Waals surface area contributed by atoms with Gasteiger partial charge in [0.1, 0.15) is 11.2 Å². The number of rotatable bonds is 5. The summed E-state index contributed by atoms with van der Waals surface area (Å²) in [7, 11) is 0. The van der Waals surface area contributed by atoms with Gasteiger partial charge < -0.3 is 8.98 Å². The van der Waals surface area contributed by atoms with Crippen molar-refractivity contribution in [3.63, 3.8) is 0 Å². The predicted octanol–water partition coefficient (Wildman–Crippen LogP) is 13.8. The molecule has 0 amide bonds. The van der Waals surface area contributed by atoms with Gasteiger partial charge in [0.25, 0.3) is 0 Å². The minimum Gasteiger partial charge on any atom is -0.456 e. The summed E-state index contributed by atoms with van der Waals surface area (Å²) in [5, 5.41) is 8.95. The monoisotopic (exact) mass is 740 g/mol. The van der Waals surface area contributed by atoms with Crippen LogP contribution in [0.3, 0.4) is 0 Å². The smallest absolute Gasteiger partial charge is 0.164 e. The summed E-state index contributed by atoms with van der Waals surface area (Å²) in [4.78, 5) is 16.0. The van der Waals surface area contributed by atoms with Crippen LogP contribution in [-0.2, 0) is 0 Å². The van der Waals surface area contributed by atoms with Gasteiger partial charge in [0.2, 0.25) is 0 Å². The first kappa shape index (κ1) is 32.4. The maximum Gasteiger partial charge on any atom is 0.164 e. The van der Waals surface area contributed by atoms with Gasteiger partial charge in [-0.15, -0.1) is 0 Å². The number of furan rings is 1. The number of hydrogen-bond acceptors (Lipinski definition) is 4. The highest BCUT2D eigenvalue weighted by Crippen LogP contribution is 2.42. The van der Waals surface area contributed by atoms with Gasteiger partial charge >= 0.3 is 0 Å². The third kappa shape index (κ3) is 5.14. The lowest BCUT2D eigenvalue weighted by atomic mass is 10.0. The summed E-state index contributed by atoms with van der Waals surface area (Å²) in [5.74, 6) is 1.78. The Bertz CT molecular complexity index is 3580. The van der Waals surface area contributed by atoms with Gasteiger partial charge in [-0.05, 0) is 69.1 Å². The molecule has 0 radical (unpaired) electrons. The maximum atomic E-state index is 6.72. The summed E-state index contributed by atoms with van der Waals surface area (Å²) >= 11 is 0. The normalized spacial score (nSPS) is 11.8. The lowest BCUT2D eigenvalue weighted by Crippen LogP contribution is -2.02. The Hall–Kier alpha value is -7.89. The van der Waals surface area contributed by atoms with Gasteiger partial charge in [-0.3, -0.25) is 0 Å². The zero-order valence-corrected chi connectivity index (χ0v) is 31.2. The lowest BCUT2D eigenvalue weighted by molar-refractivity contribution is 0.668. The predicted molar refractivity (Wildman–Crippen MR) is 238 cm³/mol. The van der Waals surface area contributed by atoms with Gasteiger partial charge in [0.15, 0.2) is 17.5 Å². The second kappa shape index (κ2) is 12.8. The van der Waals surface area contributed by atoms with Crippen molar-refractivity contribution in [1.82, 2.24) is 19.5 Å². The van der Waals surface area contributed by atoms with E-state index in [-0.39, 0.29) is 0 Å². The summed E-state index contributed by atoms with van der Waals surface area (Å²) in [6.07, 6.45) is 0. The Kier molecular flexibility index (Phi) is 7.16. The van der Waals surface area contributed by atoms with Crippen LogP contribution in [0.5, 0.6) is 0 Å². The molecule has 0 atom stereocenters. The van der Waals surface area contributed by atoms with E-state index < -0.39 is 0 Å². The van der Waals surface area contributed by atoms with Crippen molar-refractivity contribution < 1.29 is 4.42 Å². The molecule has 5 heteroatoms. The van der Waals surface area contributed by atoms with E-state index in [0.29, 0.717) is 17.5 Å². The highest BCUT2D eigenvalue weighted by molar-refractivity contribution is 6.16. The zero-order chi connectivity index (χ0) is 38.2.